The third-order valence-corrected chi connectivity index (χ3v) is 5.32. The Morgan fingerprint density at radius 2 is 1.77 bits per heavy atom. The van der Waals surface area contributed by atoms with Crippen molar-refractivity contribution in [2.75, 3.05) is 0 Å². The van der Waals surface area contributed by atoms with E-state index in [0.29, 0.717) is 15.8 Å². The number of nitrogens with zero attached hydrogens (tertiary/aromatic N) is 1. The van der Waals surface area contributed by atoms with Crippen LogP contribution in [0.4, 0.5) is 0 Å². The highest BCUT2D eigenvalue weighted by Gasteiger charge is 2.31. The summed E-state index contributed by atoms with van der Waals surface area (Å²) in [5.74, 6) is -0.0163. The number of rotatable bonds is 3. The van der Waals surface area contributed by atoms with Gasteiger partial charge in [0, 0.05) is 3.57 Å². The summed E-state index contributed by atoms with van der Waals surface area (Å²) < 4.78 is 1.79. The number of amides is 1. The molecule has 2 aromatic carbocycles. The Kier molecular flexibility index (Phi) is 4.95. The van der Waals surface area contributed by atoms with Gasteiger partial charge in [-0.25, -0.2) is 0 Å². The molecule has 0 atom stereocenters. The first-order valence-electron chi connectivity index (χ1n) is 6.68. The minimum absolute atomic E-state index is 0.0163. The van der Waals surface area contributed by atoms with Crippen molar-refractivity contribution in [2.45, 2.75) is 6.54 Å². The van der Waals surface area contributed by atoms with Crippen molar-refractivity contribution in [1.29, 1.82) is 0 Å². The van der Waals surface area contributed by atoms with Crippen LogP contribution in [-0.4, -0.2) is 15.1 Å². The monoisotopic (exact) mass is 437 g/mol. The summed E-state index contributed by atoms with van der Waals surface area (Å²) in [7, 11) is 0. The van der Waals surface area contributed by atoms with Gasteiger partial charge < -0.3 is 0 Å². The number of hydrogen-bond acceptors (Lipinski definition) is 3. The van der Waals surface area contributed by atoms with Crippen molar-refractivity contribution in [1.82, 2.24) is 4.90 Å². The van der Waals surface area contributed by atoms with E-state index in [1.54, 1.807) is 4.90 Å². The zero-order valence-electron chi connectivity index (χ0n) is 11.5. The Morgan fingerprint density at radius 3 is 2.45 bits per heavy atom. The largest absolute Gasteiger partial charge is 0.288 e. The van der Waals surface area contributed by atoms with E-state index in [-0.39, 0.29) is 5.91 Å². The van der Waals surface area contributed by atoms with Crippen LogP contribution in [0, 0.1) is 3.57 Å². The maximum absolute atomic E-state index is 12.5. The van der Waals surface area contributed by atoms with Crippen molar-refractivity contribution in [3.05, 3.63) is 74.2 Å². The van der Waals surface area contributed by atoms with E-state index in [1.807, 2.05) is 60.7 Å². The molecule has 0 saturated carbocycles. The molecule has 1 heterocycles. The fourth-order valence-electron chi connectivity index (χ4n) is 2.11. The number of thioether (sulfide) groups is 1. The van der Waals surface area contributed by atoms with Gasteiger partial charge in [-0.2, -0.15) is 0 Å². The minimum atomic E-state index is -0.0163. The summed E-state index contributed by atoms with van der Waals surface area (Å²) in [6, 6.07) is 18.0. The van der Waals surface area contributed by atoms with Gasteiger partial charge in [0.1, 0.15) is 4.32 Å². The van der Waals surface area contributed by atoms with Crippen LogP contribution in [0.3, 0.4) is 0 Å². The quantitative estimate of drug-likeness (QED) is 0.395. The first-order valence-corrected chi connectivity index (χ1v) is 8.99. The molecule has 0 aromatic heterocycles. The minimum Gasteiger partial charge on any atom is -0.288 e. The number of hydrogen-bond donors (Lipinski definition) is 0. The molecule has 0 N–H and O–H groups in total. The van der Waals surface area contributed by atoms with Crippen molar-refractivity contribution in [3.8, 4) is 0 Å². The maximum Gasteiger partial charge on any atom is 0.266 e. The predicted molar refractivity (Wildman–Crippen MR) is 104 cm³/mol. The van der Waals surface area contributed by atoms with E-state index in [0.717, 1.165) is 11.1 Å². The van der Waals surface area contributed by atoms with E-state index < -0.39 is 0 Å². The lowest BCUT2D eigenvalue weighted by atomic mass is 10.2. The number of carbonyl (C=O) groups is 1. The van der Waals surface area contributed by atoms with E-state index >= 15 is 0 Å². The number of carbonyl (C=O) groups excluding carboxylic acids is 1. The molecule has 2 aromatic rings. The summed E-state index contributed by atoms with van der Waals surface area (Å²) in [6.07, 6.45) is 1.90. The molecule has 1 amide bonds. The fourth-order valence-corrected chi connectivity index (χ4v) is 3.73. The van der Waals surface area contributed by atoms with E-state index in [1.165, 1.54) is 15.3 Å². The van der Waals surface area contributed by atoms with Crippen LogP contribution in [0.1, 0.15) is 11.1 Å². The van der Waals surface area contributed by atoms with Crippen molar-refractivity contribution in [3.63, 3.8) is 0 Å². The molecule has 5 heteroatoms. The van der Waals surface area contributed by atoms with Gasteiger partial charge in [0.05, 0.1) is 11.4 Å². The van der Waals surface area contributed by atoms with Crippen LogP contribution < -0.4 is 0 Å². The third kappa shape index (κ3) is 3.59. The summed E-state index contributed by atoms with van der Waals surface area (Å²) >= 11 is 8.99. The fraction of sp³-hybridized carbons (Fsp3) is 0.0588. The van der Waals surface area contributed by atoms with E-state index in [9.17, 15) is 4.79 Å². The van der Waals surface area contributed by atoms with Gasteiger partial charge in [-0.1, -0.05) is 66.4 Å². The Morgan fingerprint density at radius 1 is 1.09 bits per heavy atom. The molecule has 1 aliphatic rings. The van der Waals surface area contributed by atoms with E-state index in [4.69, 9.17) is 12.2 Å². The van der Waals surface area contributed by atoms with Crippen LogP contribution in [0.15, 0.2) is 59.5 Å². The second-order valence-electron chi connectivity index (χ2n) is 4.81. The highest BCUT2D eigenvalue weighted by molar-refractivity contribution is 14.1. The van der Waals surface area contributed by atoms with Gasteiger partial charge in [0.15, 0.2) is 0 Å². The first kappa shape index (κ1) is 15.7. The predicted octanol–water partition coefficient (Wildman–Crippen LogP) is 4.69. The molecule has 0 radical (unpaired) electrons. The van der Waals surface area contributed by atoms with Gasteiger partial charge >= 0.3 is 0 Å². The van der Waals surface area contributed by atoms with Crippen LogP contribution in [0.5, 0.6) is 0 Å². The topological polar surface area (TPSA) is 20.3 Å². The molecule has 0 aliphatic carbocycles. The van der Waals surface area contributed by atoms with Crippen molar-refractivity contribution >= 4 is 62.9 Å². The second-order valence-corrected chi connectivity index (χ2v) is 7.73. The molecule has 0 bridgehead atoms. The standard InChI is InChI=1S/C17H12INOS2/c18-14-8-6-12(7-9-14)10-15-16(20)19(17(21)22-15)11-13-4-2-1-3-5-13/h1-10H,11H2/b15-10+. The summed E-state index contributed by atoms with van der Waals surface area (Å²) in [5.41, 5.74) is 2.09. The first-order chi connectivity index (χ1) is 10.6. The van der Waals surface area contributed by atoms with Gasteiger partial charge in [0.25, 0.3) is 5.91 Å². The van der Waals surface area contributed by atoms with E-state index in [2.05, 4.69) is 22.6 Å². The number of halogens is 1. The molecule has 22 heavy (non-hydrogen) atoms. The summed E-state index contributed by atoms with van der Waals surface area (Å²) in [5, 5.41) is 0. The lowest BCUT2D eigenvalue weighted by Gasteiger charge is -2.14. The Balaban J connectivity index is 1.80. The van der Waals surface area contributed by atoms with Gasteiger partial charge in [-0.3, -0.25) is 9.69 Å². The van der Waals surface area contributed by atoms with Crippen LogP contribution in [0.2, 0.25) is 0 Å². The SMILES string of the molecule is O=C1/C(=C\c2ccc(I)cc2)SC(=S)N1Cc1ccccc1. The van der Waals surface area contributed by atoms with Crippen LogP contribution in [0.25, 0.3) is 6.08 Å². The normalized spacial score (nSPS) is 16.6. The van der Waals surface area contributed by atoms with Crippen LogP contribution >= 0.6 is 46.6 Å². The van der Waals surface area contributed by atoms with Gasteiger partial charge in [-0.05, 0) is 51.9 Å². The highest BCUT2D eigenvalue weighted by atomic mass is 127. The third-order valence-electron chi connectivity index (χ3n) is 3.22. The molecule has 3 rings (SSSR count). The second kappa shape index (κ2) is 6.93. The number of thiocarbonyl (C=S) groups is 1. The molecule has 2 nitrogen and oxygen atoms in total. The summed E-state index contributed by atoms with van der Waals surface area (Å²) in [4.78, 5) is 14.9. The Hall–Kier alpha value is -1.18. The molecule has 110 valence electrons. The Bertz CT molecular complexity index is 741. The average molecular weight is 437 g/mol. The molecule has 1 saturated heterocycles. The average Bonchev–Trinajstić information content (AvgIpc) is 2.78. The highest BCUT2D eigenvalue weighted by Crippen LogP contribution is 2.33. The molecular formula is C17H12INOS2. The molecule has 1 aliphatic heterocycles. The Labute approximate surface area is 152 Å². The molecular weight excluding hydrogens is 425 g/mol. The lowest BCUT2D eigenvalue weighted by Crippen LogP contribution is -2.27. The van der Waals surface area contributed by atoms with Gasteiger partial charge in [-0.15, -0.1) is 0 Å². The maximum atomic E-state index is 12.5. The zero-order valence-corrected chi connectivity index (χ0v) is 15.3. The zero-order chi connectivity index (χ0) is 15.5. The summed E-state index contributed by atoms with van der Waals surface area (Å²) in [6.45, 7) is 0.523. The van der Waals surface area contributed by atoms with Crippen LogP contribution in [-0.2, 0) is 11.3 Å². The smallest absolute Gasteiger partial charge is 0.266 e. The lowest BCUT2D eigenvalue weighted by molar-refractivity contribution is -0.122. The van der Waals surface area contributed by atoms with Crippen molar-refractivity contribution < 1.29 is 4.79 Å². The van der Waals surface area contributed by atoms with Gasteiger partial charge in [0.2, 0.25) is 0 Å². The van der Waals surface area contributed by atoms with Crippen molar-refractivity contribution in [2.24, 2.45) is 0 Å². The number of benzene rings is 2. The molecule has 1 fully saturated rings. The molecule has 0 spiro atoms. The molecule has 0 unspecified atom stereocenters.